The van der Waals surface area contributed by atoms with Crippen LogP contribution in [0.2, 0.25) is 0 Å². The van der Waals surface area contributed by atoms with E-state index in [1.54, 1.807) is 0 Å². The molecule has 0 bridgehead atoms. The SMILES string of the molecule is CCCCCCCCC/C=C\CCCCCC(=O)OC(/C=C/CCCCCCCCCCCC)C(COP(=O)(O)OCC[N+](C)(C)C)NC(=O)CCCCCCCCCCCCCCCC. The monoisotopic (exact) mass is 954 g/mol. The molecule has 3 atom stereocenters. The number of carbonyl (C=O) groups excluding carboxylic acids is 2. The normalized spacial score (nSPS) is 14.0. The summed E-state index contributed by atoms with van der Waals surface area (Å²) in [5.41, 5.74) is 0. The minimum absolute atomic E-state index is 0.0413. The van der Waals surface area contributed by atoms with Crippen molar-refractivity contribution in [1.82, 2.24) is 5.32 Å². The van der Waals surface area contributed by atoms with Gasteiger partial charge in [-0.3, -0.25) is 18.6 Å². The highest BCUT2D eigenvalue weighted by molar-refractivity contribution is 7.47. The van der Waals surface area contributed by atoms with Crippen molar-refractivity contribution in [2.24, 2.45) is 0 Å². The first-order valence-corrected chi connectivity index (χ1v) is 29.7. The average molecular weight is 954 g/mol. The molecule has 0 heterocycles. The molecule has 0 saturated carbocycles. The molecule has 66 heavy (non-hydrogen) atoms. The summed E-state index contributed by atoms with van der Waals surface area (Å²) in [4.78, 5) is 37.5. The molecule has 0 spiro atoms. The number of unbranched alkanes of at least 4 members (excludes halogenated alkanes) is 33. The third-order valence-corrected chi connectivity index (χ3v) is 13.6. The van der Waals surface area contributed by atoms with Crippen molar-refractivity contribution in [3.63, 3.8) is 0 Å². The van der Waals surface area contributed by atoms with Gasteiger partial charge < -0.3 is 19.4 Å². The summed E-state index contributed by atoms with van der Waals surface area (Å²) in [6.07, 6.45) is 53.1. The Morgan fingerprint density at radius 3 is 1.30 bits per heavy atom. The third kappa shape index (κ3) is 47.6. The van der Waals surface area contributed by atoms with Crippen LogP contribution in [0, 0.1) is 0 Å². The molecule has 0 aromatic carbocycles. The van der Waals surface area contributed by atoms with Gasteiger partial charge in [0.25, 0.3) is 0 Å². The molecular formula is C56H110N2O7P+. The van der Waals surface area contributed by atoms with Crippen LogP contribution in [-0.2, 0) is 27.9 Å². The van der Waals surface area contributed by atoms with Gasteiger partial charge in [0.1, 0.15) is 19.3 Å². The van der Waals surface area contributed by atoms with E-state index in [1.165, 1.54) is 167 Å². The van der Waals surface area contributed by atoms with Crippen LogP contribution < -0.4 is 5.32 Å². The third-order valence-electron chi connectivity index (χ3n) is 12.6. The maximum Gasteiger partial charge on any atom is 0.472 e. The maximum atomic E-state index is 13.5. The predicted molar refractivity (Wildman–Crippen MR) is 282 cm³/mol. The lowest BCUT2D eigenvalue weighted by atomic mass is 10.0. The van der Waals surface area contributed by atoms with E-state index in [9.17, 15) is 19.0 Å². The Bertz CT molecular complexity index is 1190. The van der Waals surface area contributed by atoms with Crippen molar-refractivity contribution >= 4 is 19.7 Å². The van der Waals surface area contributed by atoms with E-state index in [2.05, 4.69) is 38.2 Å². The standard InChI is InChI=1S/C56H109N2O7P/c1-7-10-13-16-19-22-25-28-30-33-36-39-42-45-48-55(59)57-53(52-64-66(61,62)63-51-50-58(4,5)6)54(47-44-41-38-35-32-27-24-21-18-15-12-9-3)65-56(60)49-46-43-40-37-34-31-29-26-23-20-17-14-11-8-2/h31,34,44,47,53-54H,7-30,32-33,35-43,45-46,48-52H2,1-6H3,(H-,57,59,61,62)/p+1/b34-31-,47-44+. The molecule has 0 aromatic heterocycles. The lowest BCUT2D eigenvalue weighted by molar-refractivity contribution is -0.870. The molecule has 3 unspecified atom stereocenters. The molecule has 0 fully saturated rings. The van der Waals surface area contributed by atoms with Gasteiger partial charge in [-0.25, -0.2) is 4.57 Å². The first kappa shape index (κ1) is 64.5. The van der Waals surface area contributed by atoms with Crippen LogP contribution in [-0.4, -0.2) is 74.3 Å². The van der Waals surface area contributed by atoms with E-state index in [-0.39, 0.29) is 31.5 Å². The number of quaternary nitrogens is 1. The predicted octanol–water partition coefficient (Wildman–Crippen LogP) is 16.6. The van der Waals surface area contributed by atoms with Gasteiger partial charge in [-0.05, 0) is 57.4 Å². The van der Waals surface area contributed by atoms with E-state index in [0.29, 0.717) is 17.4 Å². The lowest BCUT2D eigenvalue weighted by Crippen LogP contribution is -2.47. The Morgan fingerprint density at radius 1 is 0.515 bits per heavy atom. The number of nitrogens with one attached hydrogen (secondary N) is 1. The molecule has 0 aliphatic rings. The minimum atomic E-state index is -4.44. The molecule has 9 nitrogen and oxygen atoms in total. The fourth-order valence-electron chi connectivity index (χ4n) is 8.23. The number of ether oxygens (including phenoxy) is 1. The van der Waals surface area contributed by atoms with E-state index < -0.39 is 20.0 Å². The van der Waals surface area contributed by atoms with Gasteiger partial charge >= 0.3 is 13.8 Å². The first-order chi connectivity index (χ1) is 31.9. The van der Waals surface area contributed by atoms with Crippen LogP contribution >= 0.6 is 7.82 Å². The van der Waals surface area contributed by atoms with Crippen molar-refractivity contribution in [2.75, 3.05) is 40.9 Å². The van der Waals surface area contributed by atoms with Gasteiger partial charge in [-0.2, -0.15) is 0 Å². The molecule has 0 rings (SSSR count). The second kappa shape index (κ2) is 47.2. The van der Waals surface area contributed by atoms with E-state index in [1.807, 2.05) is 33.3 Å². The second-order valence-corrected chi connectivity index (χ2v) is 21.9. The molecule has 0 aromatic rings. The van der Waals surface area contributed by atoms with E-state index >= 15 is 0 Å². The van der Waals surface area contributed by atoms with E-state index in [0.717, 1.165) is 70.6 Å². The fourth-order valence-corrected chi connectivity index (χ4v) is 8.96. The molecule has 1 amide bonds. The van der Waals surface area contributed by atoms with Gasteiger partial charge in [0.05, 0.1) is 33.8 Å². The van der Waals surface area contributed by atoms with Crippen LogP contribution in [0.5, 0.6) is 0 Å². The molecule has 0 aliphatic carbocycles. The van der Waals surface area contributed by atoms with Crippen molar-refractivity contribution < 1.29 is 37.3 Å². The number of nitrogens with zero attached hydrogens (tertiary/aromatic N) is 1. The Kier molecular flexibility index (Phi) is 46.1. The zero-order valence-corrected chi connectivity index (χ0v) is 45.3. The molecule has 0 aliphatic heterocycles. The maximum absolute atomic E-state index is 13.5. The quantitative estimate of drug-likeness (QED) is 0.0205. The Hall–Kier alpha value is -1.51. The number of phosphoric acid groups is 1. The second-order valence-electron chi connectivity index (χ2n) is 20.5. The largest absolute Gasteiger partial charge is 0.472 e. The Balaban J connectivity index is 5.38. The van der Waals surface area contributed by atoms with E-state index in [4.69, 9.17) is 13.8 Å². The summed E-state index contributed by atoms with van der Waals surface area (Å²) in [7, 11) is 1.50. The average Bonchev–Trinajstić information content (AvgIpc) is 3.27. The van der Waals surface area contributed by atoms with Crippen LogP contribution in [0.15, 0.2) is 24.3 Å². The highest BCUT2D eigenvalue weighted by atomic mass is 31.2. The molecule has 0 saturated heterocycles. The number of allylic oxidation sites excluding steroid dienone is 3. The Labute approximate surface area is 409 Å². The zero-order valence-electron chi connectivity index (χ0n) is 44.5. The van der Waals surface area contributed by atoms with Gasteiger partial charge in [-0.15, -0.1) is 0 Å². The first-order valence-electron chi connectivity index (χ1n) is 28.2. The number of amides is 1. The highest BCUT2D eigenvalue weighted by Gasteiger charge is 2.30. The van der Waals surface area contributed by atoms with Crippen molar-refractivity contribution in [2.45, 2.75) is 283 Å². The van der Waals surface area contributed by atoms with Crippen molar-refractivity contribution in [1.29, 1.82) is 0 Å². The van der Waals surface area contributed by atoms with Crippen LogP contribution in [0.1, 0.15) is 271 Å². The number of esters is 1. The number of hydrogen-bond donors (Lipinski definition) is 2. The number of phosphoric ester groups is 1. The lowest BCUT2D eigenvalue weighted by Gasteiger charge is -2.27. The minimum Gasteiger partial charge on any atom is -0.456 e. The summed E-state index contributed by atoms with van der Waals surface area (Å²) in [5.74, 6) is -0.513. The van der Waals surface area contributed by atoms with Crippen LogP contribution in [0.25, 0.3) is 0 Å². The molecule has 2 N–H and O–H groups in total. The summed E-state index contributed by atoms with van der Waals surface area (Å²) in [6, 6.07) is -0.846. The molecule has 0 radical (unpaired) electrons. The summed E-state index contributed by atoms with van der Waals surface area (Å²) in [6.45, 7) is 7.01. The molecule has 10 heteroatoms. The highest BCUT2D eigenvalue weighted by Crippen LogP contribution is 2.43. The van der Waals surface area contributed by atoms with Gasteiger partial charge in [-0.1, -0.05) is 225 Å². The summed E-state index contributed by atoms with van der Waals surface area (Å²) in [5, 5.41) is 3.04. The molecule has 390 valence electrons. The van der Waals surface area contributed by atoms with Crippen molar-refractivity contribution in [3.8, 4) is 0 Å². The zero-order chi connectivity index (χ0) is 48.7. The van der Waals surface area contributed by atoms with Crippen LogP contribution in [0.3, 0.4) is 0 Å². The number of carbonyl (C=O) groups is 2. The molecular weight excluding hydrogens is 844 g/mol. The fraction of sp³-hybridized carbons (Fsp3) is 0.893. The van der Waals surface area contributed by atoms with Gasteiger partial charge in [0, 0.05) is 12.8 Å². The van der Waals surface area contributed by atoms with Crippen LogP contribution in [0.4, 0.5) is 0 Å². The van der Waals surface area contributed by atoms with Gasteiger partial charge in [0.2, 0.25) is 5.91 Å². The summed E-state index contributed by atoms with van der Waals surface area (Å²) >= 11 is 0. The Morgan fingerprint density at radius 2 is 0.879 bits per heavy atom. The topological polar surface area (TPSA) is 111 Å². The summed E-state index contributed by atoms with van der Waals surface area (Å²) < 4.78 is 30.6. The van der Waals surface area contributed by atoms with Crippen molar-refractivity contribution in [3.05, 3.63) is 24.3 Å². The number of likely N-dealkylation sites (N-methyl/N-ethyl adjacent to an activating group) is 1. The smallest absolute Gasteiger partial charge is 0.456 e. The number of hydrogen-bond acceptors (Lipinski definition) is 6. The number of rotatable bonds is 51. The van der Waals surface area contributed by atoms with Gasteiger partial charge in [0.15, 0.2) is 0 Å².